The summed E-state index contributed by atoms with van der Waals surface area (Å²) in [7, 11) is -2.67. The normalized spacial score (nSPS) is 15.1. The monoisotopic (exact) mass is 509 g/mol. The zero-order valence-corrected chi connectivity index (χ0v) is 21.0. The van der Waals surface area contributed by atoms with Crippen LogP contribution in [0.1, 0.15) is 22.3 Å². The number of amides is 2. The number of hydrogen-bond donors (Lipinski definition) is 0. The molecule has 0 saturated carbocycles. The maximum absolute atomic E-state index is 12.9. The first kappa shape index (κ1) is 24.6. The molecule has 9 heteroatoms. The van der Waals surface area contributed by atoms with Crippen molar-refractivity contribution in [2.24, 2.45) is 0 Å². The number of aryl methyl sites for hydroxylation is 2. The van der Waals surface area contributed by atoms with Gasteiger partial charge in [0.25, 0.3) is 11.1 Å². The standard InChI is InChI=1S/C26H23NO6S2/c1-17-8-11-21(12-9-17)35(30,31)33-22-13-10-19(14-23(22)32-3)15-24-25(28)27(26(29)34-24)16-20-7-5-4-6-18(20)2/h4-15H,16H2,1-3H3/b24-15-. The molecule has 7 nitrogen and oxygen atoms in total. The number of carbonyl (C=O) groups is 2. The molecule has 0 spiro atoms. The van der Waals surface area contributed by atoms with E-state index in [1.54, 1.807) is 30.3 Å². The zero-order chi connectivity index (χ0) is 25.2. The summed E-state index contributed by atoms with van der Waals surface area (Å²) in [6.07, 6.45) is 1.57. The molecule has 0 radical (unpaired) electrons. The van der Waals surface area contributed by atoms with Gasteiger partial charge in [-0.3, -0.25) is 14.5 Å². The minimum absolute atomic E-state index is 0.0119. The molecule has 180 valence electrons. The van der Waals surface area contributed by atoms with Crippen LogP contribution in [-0.2, 0) is 21.5 Å². The lowest BCUT2D eigenvalue weighted by molar-refractivity contribution is -0.123. The fourth-order valence-electron chi connectivity index (χ4n) is 3.46. The highest BCUT2D eigenvalue weighted by Crippen LogP contribution is 2.36. The van der Waals surface area contributed by atoms with Crippen molar-refractivity contribution in [1.29, 1.82) is 0 Å². The molecule has 0 aliphatic carbocycles. The second-order valence-corrected chi connectivity index (χ2v) is 10.5. The van der Waals surface area contributed by atoms with Crippen LogP contribution in [-0.4, -0.2) is 31.6 Å². The quantitative estimate of drug-likeness (QED) is 0.315. The van der Waals surface area contributed by atoms with Crippen LogP contribution in [0.4, 0.5) is 4.79 Å². The van der Waals surface area contributed by atoms with E-state index in [4.69, 9.17) is 8.92 Å². The third-order valence-corrected chi connectivity index (χ3v) is 7.61. The van der Waals surface area contributed by atoms with Crippen LogP contribution in [0.15, 0.2) is 76.5 Å². The Bertz CT molecular complexity index is 1430. The SMILES string of the molecule is COc1cc(/C=C2\SC(=O)N(Cc3ccccc3C)C2=O)ccc1OS(=O)(=O)c1ccc(C)cc1. The minimum Gasteiger partial charge on any atom is -0.493 e. The van der Waals surface area contributed by atoms with E-state index in [1.807, 2.05) is 38.1 Å². The maximum Gasteiger partial charge on any atom is 0.339 e. The largest absolute Gasteiger partial charge is 0.493 e. The van der Waals surface area contributed by atoms with Crippen molar-refractivity contribution in [3.8, 4) is 11.5 Å². The number of ether oxygens (including phenoxy) is 1. The molecule has 4 rings (SSSR count). The Morgan fingerprint density at radius 2 is 1.66 bits per heavy atom. The van der Waals surface area contributed by atoms with E-state index in [-0.39, 0.29) is 39.0 Å². The molecule has 1 aliphatic rings. The number of nitrogens with zero attached hydrogens (tertiary/aromatic N) is 1. The Labute approximate surface area is 208 Å². The third kappa shape index (κ3) is 5.41. The van der Waals surface area contributed by atoms with Crippen molar-refractivity contribution in [3.05, 3.63) is 93.9 Å². The molecule has 0 atom stereocenters. The summed E-state index contributed by atoms with van der Waals surface area (Å²) in [5, 5.41) is -0.347. The van der Waals surface area contributed by atoms with Crippen LogP contribution in [0.3, 0.4) is 0 Å². The number of imide groups is 1. The van der Waals surface area contributed by atoms with Crippen LogP contribution in [0, 0.1) is 13.8 Å². The predicted molar refractivity (Wildman–Crippen MR) is 135 cm³/mol. The van der Waals surface area contributed by atoms with Gasteiger partial charge in [-0.2, -0.15) is 8.42 Å². The molecular formula is C26H23NO6S2. The van der Waals surface area contributed by atoms with Crippen LogP contribution < -0.4 is 8.92 Å². The summed E-state index contributed by atoms with van der Waals surface area (Å²) < 4.78 is 35.9. The average molecular weight is 510 g/mol. The van der Waals surface area contributed by atoms with Crippen molar-refractivity contribution in [1.82, 2.24) is 4.90 Å². The van der Waals surface area contributed by atoms with E-state index in [0.29, 0.717) is 5.56 Å². The number of methoxy groups -OCH3 is 1. The number of rotatable bonds is 7. The summed E-state index contributed by atoms with van der Waals surface area (Å²) in [6.45, 7) is 3.98. The molecule has 0 bridgehead atoms. The Morgan fingerprint density at radius 3 is 2.34 bits per heavy atom. The molecule has 0 aromatic heterocycles. The smallest absolute Gasteiger partial charge is 0.339 e. The third-order valence-electron chi connectivity index (χ3n) is 5.46. The van der Waals surface area contributed by atoms with Gasteiger partial charge < -0.3 is 8.92 Å². The predicted octanol–water partition coefficient (Wildman–Crippen LogP) is 5.32. The van der Waals surface area contributed by atoms with Gasteiger partial charge in [0.15, 0.2) is 11.5 Å². The molecule has 0 unspecified atom stereocenters. The first-order valence-corrected chi connectivity index (χ1v) is 12.9. The van der Waals surface area contributed by atoms with E-state index in [0.717, 1.165) is 28.5 Å². The summed E-state index contributed by atoms with van der Waals surface area (Å²) in [5.41, 5.74) is 3.38. The van der Waals surface area contributed by atoms with Crippen molar-refractivity contribution in [2.45, 2.75) is 25.3 Å². The second kappa shape index (κ2) is 9.97. The van der Waals surface area contributed by atoms with E-state index < -0.39 is 10.1 Å². The summed E-state index contributed by atoms with van der Waals surface area (Å²) in [5.74, 6) is -0.198. The van der Waals surface area contributed by atoms with E-state index in [2.05, 4.69) is 0 Å². The second-order valence-electron chi connectivity index (χ2n) is 7.96. The van der Waals surface area contributed by atoms with Crippen molar-refractivity contribution in [2.75, 3.05) is 7.11 Å². The fraction of sp³-hybridized carbons (Fsp3) is 0.154. The van der Waals surface area contributed by atoms with Crippen molar-refractivity contribution in [3.63, 3.8) is 0 Å². The average Bonchev–Trinajstić information content (AvgIpc) is 3.08. The molecule has 2 amide bonds. The molecule has 1 aliphatic heterocycles. The number of hydrogen-bond acceptors (Lipinski definition) is 7. The lowest BCUT2D eigenvalue weighted by Gasteiger charge is -2.14. The maximum atomic E-state index is 12.9. The number of thioether (sulfide) groups is 1. The van der Waals surface area contributed by atoms with Gasteiger partial charge in [0, 0.05) is 0 Å². The lowest BCUT2D eigenvalue weighted by atomic mass is 10.1. The van der Waals surface area contributed by atoms with Gasteiger partial charge in [-0.05, 0) is 72.6 Å². The first-order chi connectivity index (χ1) is 16.7. The lowest BCUT2D eigenvalue weighted by Crippen LogP contribution is -2.27. The fourth-order valence-corrected chi connectivity index (χ4v) is 5.24. The number of benzene rings is 3. The van der Waals surface area contributed by atoms with Crippen LogP contribution in [0.2, 0.25) is 0 Å². The molecule has 3 aromatic rings. The van der Waals surface area contributed by atoms with Gasteiger partial charge in [-0.1, -0.05) is 48.0 Å². The van der Waals surface area contributed by atoms with Crippen LogP contribution in [0.25, 0.3) is 6.08 Å². The van der Waals surface area contributed by atoms with Crippen LogP contribution in [0.5, 0.6) is 11.5 Å². The minimum atomic E-state index is -4.06. The highest BCUT2D eigenvalue weighted by Gasteiger charge is 2.35. The van der Waals surface area contributed by atoms with Gasteiger partial charge in [0.1, 0.15) is 4.90 Å². The van der Waals surface area contributed by atoms with Gasteiger partial charge in [0.2, 0.25) is 0 Å². The Balaban J connectivity index is 1.55. The van der Waals surface area contributed by atoms with E-state index >= 15 is 0 Å². The van der Waals surface area contributed by atoms with E-state index in [1.165, 1.54) is 30.2 Å². The zero-order valence-electron chi connectivity index (χ0n) is 19.3. The van der Waals surface area contributed by atoms with Crippen LogP contribution >= 0.6 is 11.8 Å². The number of carbonyl (C=O) groups excluding carboxylic acids is 2. The molecule has 35 heavy (non-hydrogen) atoms. The topological polar surface area (TPSA) is 90.0 Å². The molecule has 1 fully saturated rings. The first-order valence-electron chi connectivity index (χ1n) is 10.7. The van der Waals surface area contributed by atoms with Gasteiger partial charge >= 0.3 is 10.1 Å². The Hall–Kier alpha value is -3.56. The Morgan fingerprint density at radius 1 is 0.943 bits per heavy atom. The molecular weight excluding hydrogens is 486 g/mol. The van der Waals surface area contributed by atoms with Crippen molar-refractivity contribution >= 4 is 39.1 Å². The van der Waals surface area contributed by atoms with Gasteiger partial charge in [-0.25, -0.2) is 0 Å². The molecule has 3 aromatic carbocycles. The Kier molecular flexibility index (Phi) is 7.00. The summed E-state index contributed by atoms with van der Waals surface area (Å²) >= 11 is 0.858. The van der Waals surface area contributed by atoms with Crippen molar-refractivity contribution < 1.29 is 26.9 Å². The highest BCUT2D eigenvalue weighted by molar-refractivity contribution is 8.18. The highest BCUT2D eigenvalue weighted by atomic mass is 32.2. The molecule has 1 saturated heterocycles. The van der Waals surface area contributed by atoms with Gasteiger partial charge in [0.05, 0.1) is 18.6 Å². The molecule has 1 heterocycles. The van der Waals surface area contributed by atoms with E-state index in [9.17, 15) is 18.0 Å². The summed E-state index contributed by atoms with van der Waals surface area (Å²) in [4.78, 5) is 26.9. The van der Waals surface area contributed by atoms with Gasteiger partial charge in [-0.15, -0.1) is 0 Å². The summed E-state index contributed by atoms with van der Waals surface area (Å²) in [6, 6.07) is 18.5. The molecule has 0 N–H and O–H groups in total.